The summed E-state index contributed by atoms with van der Waals surface area (Å²) in [6.45, 7) is -0.473. The van der Waals surface area contributed by atoms with E-state index in [2.05, 4.69) is 0 Å². The number of rotatable bonds is 4. The average molecular weight is 321 g/mol. The lowest BCUT2D eigenvalue weighted by Crippen LogP contribution is -2.57. The number of aliphatic hydroxyl groups is 4. The number of hydrogen-bond acceptors (Lipinski definition) is 8. The van der Waals surface area contributed by atoms with Crippen molar-refractivity contribution in [2.24, 2.45) is 0 Å². The zero-order chi connectivity index (χ0) is 14.7. The Morgan fingerprint density at radius 3 is 2.60 bits per heavy atom. The number of aromatic nitrogens is 1. The van der Waals surface area contributed by atoms with Crippen LogP contribution in [0, 0.1) is 5.21 Å². The highest BCUT2D eigenvalue weighted by Crippen LogP contribution is 2.38. The maximum absolute atomic E-state index is 11.5. The largest absolute Gasteiger partial charge is 0.618 e. The molecule has 0 aromatic carbocycles. The molecule has 0 amide bonds. The lowest BCUT2D eigenvalue weighted by molar-refractivity contribution is -0.645. The normalized spacial score (nSPS) is 34.1. The van der Waals surface area contributed by atoms with Crippen molar-refractivity contribution < 1.29 is 29.9 Å². The second kappa shape index (κ2) is 6.94. The fourth-order valence-electron chi connectivity index (χ4n) is 1.72. The quantitative estimate of drug-likeness (QED) is 0.312. The number of hydrogen-bond donors (Lipinski definition) is 4. The third kappa shape index (κ3) is 3.37. The van der Waals surface area contributed by atoms with Crippen LogP contribution in [0.1, 0.15) is 0 Å². The van der Waals surface area contributed by atoms with Gasteiger partial charge in [0.1, 0.15) is 29.9 Å². The Labute approximate surface area is 123 Å². The van der Waals surface area contributed by atoms with Gasteiger partial charge in [-0.05, 0) is 16.9 Å². The molecule has 2 rings (SSSR count). The van der Waals surface area contributed by atoms with Gasteiger partial charge in [-0.15, -0.1) is 0 Å². The van der Waals surface area contributed by atoms with Crippen molar-refractivity contribution in [3.8, 4) is 0 Å². The average Bonchev–Trinajstić information content (AvgIpc) is 2.46. The van der Waals surface area contributed by atoms with Crippen LogP contribution in [-0.4, -0.2) is 56.9 Å². The summed E-state index contributed by atoms with van der Waals surface area (Å²) in [6.07, 6.45) is -3.70. The smallest absolute Gasteiger partial charge is 0.262 e. The van der Waals surface area contributed by atoms with Crippen LogP contribution in [0.25, 0.3) is 0 Å². The fraction of sp³-hybridized carbons (Fsp3) is 0.545. The van der Waals surface area contributed by atoms with E-state index >= 15 is 0 Å². The van der Waals surface area contributed by atoms with Crippen LogP contribution in [0.3, 0.4) is 0 Å². The molecule has 1 aromatic heterocycles. The minimum Gasteiger partial charge on any atom is -0.618 e. The van der Waals surface area contributed by atoms with Crippen molar-refractivity contribution in [3.63, 3.8) is 0 Å². The number of nitrogens with zero attached hydrogens (tertiary/aromatic N) is 1. The first-order chi connectivity index (χ1) is 9.54. The molecule has 20 heavy (non-hydrogen) atoms. The number of aliphatic hydroxyl groups excluding tert-OH is 4. The van der Waals surface area contributed by atoms with Gasteiger partial charge in [0.15, 0.2) is 6.20 Å². The minimum absolute atomic E-state index is 0.398. The predicted octanol–water partition coefficient (Wildman–Crippen LogP) is -1.14. The van der Waals surface area contributed by atoms with E-state index in [1.54, 1.807) is 18.2 Å². The van der Waals surface area contributed by atoms with E-state index in [1.807, 2.05) is 0 Å². The zero-order valence-electron chi connectivity index (χ0n) is 10.3. The molecular weight excluding hydrogens is 306 g/mol. The molecule has 1 fully saturated rings. The summed E-state index contributed by atoms with van der Waals surface area (Å²) >= 11 is 0. The molecule has 4 N–H and O–H groups in total. The lowest BCUT2D eigenvalue weighted by atomic mass is 10.0. The first kappa shape index (κ1) is 15.8. The number of pyridine rings is 1. The van der Waals surface area contributed by atoms with Crippen molar-refractivity contribution in [2.75, 3.05) is 6.61 Å². The van der Waals surface area contributed by atoms with Crippen LogP contribution >= 0.6 is 21.6 Å². The standard InChI is InChI=1S/C11H15NO6S2/c13-5-6-8(14)9(15)10(16)11(18-6)20-19-7-3-1-2-4-12(7)17/h1-4,6,8-11,13-16H,5H2/t6-,8-,9+,10-,11+/m1/s1. The summed E-state index contributed by atoms with van der Waals surface area (Å²) in [5.74, 6) is 0. The molecule has 0 saturated carbocycles. The van der Waals surface area contributed by atoms with E-state index in [1.165, 1.54) is 6.20 Å². The molecule has 0 aliphatic carbocycles. The summed E-state index contributed by atoms with van der Waals surface area (Å²) in [5, 5.41) is 50.0. The molecule has 0 unspecified atom stereocenters. The first-order valence-corrected chi connectivity index (χ1v) is 8.08. The molecule has 2 heterocycles. The Morgan fingerprint density at radius 1 is 1.20 bits per heavy atom. The Morgan fingerprint density at radius 2 is 1.95 bits per heavy atom. The molecular formula is C11H15NO6S2. The summed E-state index contributed by atoms with van der Waals surface area (Å²) in [4.78, 5) is 0. The van der Waals surface area contributed by atoms with E-state index in [9.17, 15) is 20.5 Å². The molecule has 1 aliphatic heterocycles. The highest BCUT2D eigenvalue weighted by Gasteiger charge is 2.44. The van der Waals surface area contributed by atoms with Gasteiger partial charge in [-0.25, -0.2) is 0 Å². The SMILES string of the molecule is [O-][n+]1ccccc1SS[C@@H]1O[C@H](CO)[C@@H](O)[C@H](O)[C@H]1O. The van der Waals surface area contributed by atoms with Gasteiger partial charge in [0.25, 0.3) is 5.03 Å². The Bertz CT molecular complexity index is 449. The fourth-order valence-corrected chi connectivity index (χ4v) is 4.09. The van der Waals surface area contributed by atoms with Crippen LogP contribution in [0.15, 0.2) is 29.4 Å². The van der Waals surface area contributed by atoms with Crippen molar-refractivity contribution in [2.45, 2.75) is 34.9 Å². The maximum Gasteiger partial charge on any atom is 0.262 e. The van der Waals surface area contributed by atoms with E-state index < -0.39 is 36.5 Å². The molecule has 0 spiro atoms. The summed E-state index contributed by atoms with van der Waals surface area (Å²) < 4.78 is 5.98. The van der Waals surface area contributed by atoms with E-state index in [-0.39, 0.29) is 0 Å². The Balaban J connectivity index is 2.00. The summed E-state index contributed by atoms with van der Waals surface area (Å²) in [5.41, 5.74) is -0.865. The van der Waals surface area contributed by atoms with Gasteiger partial charge in [-0.2, -0.15) is 4.73 Å². The van der Waals surface area contributed by atoms with Gasteiger partial charge < -0.3 is 30.4 Å². The van der Waals surface area contributed by atoms with Gasteiger partial charge in [-0.3, -0.25) is 0 Å². The van der Waals surface area contributed by atoms with Gasteiger partial charge in [-0.1, -0.05) is 0 Å². The van der Waals surface area contributed by atoms with Crippen LogP contribution in [0.5, 0.6) is 0 Å². The van der Waals surface area contributed by atoms with Crippen molar-refractivity contribution in [1.82, 2.24) is 0 Å². The third-order valence-corrected chi connectivity index (χ3v) is 5.40. The van der Waals surface area contributed by atoms with Crippen LogP contribution in [0.2, 0.25) is 0 Å². The Kier molecular flexibility index (Phi) is 5.49. The molecule has 7 nitrogen and oxygen atoms in total. The molecule has 0 radical (unpaired) electrons. The lowest BCUT2D eigenvalue weighted by Gasteiger charge is -2.39. The Hall–Kier alpha value is -0.550. The van der Waals surface area contributed by atoms with Crippen molar-refractivity contribution in [1.29, 1.82) is 0 Å². The van der Waals surface area contributed by atoms with E-state index in [4.69, 9.17) is 9.84 Å². The van der Waals surface area contributed by atoms with Crippen LogP contribution in [0.4, 0.5) is 0 Å². The number of ether oxygens (including phenoxy) is 1. The van der Waals surface area contributed by atoms with Crippen LogP contribution < -0.4 is 4.73 Å². The van der Waals surface area contributed by atoms with Crippen LogP contribution in [-0.2, 0) is 4.74 Å². The second-order valence-electron chi connectivity index (χ2n) is 4.24. The molecule has 1 saturated heterocycles. The molecule has 112 valence electrons. The van der Waals surface area contributed by atoms with Gasteiger partial charge in [0.2, 0.25) is 0 Å². The predicted molar refractivity (Wildman–Crippen MR) is 72.6 cm³/mol. The highest BCUT2D eigenvalue weighted by atomic mass is 33.1. The molecule has 0 bridgehead atoms. The van der Waals surface area contributed by atoms with E-state index in [0.717, 1.165) is 21.6 Å². The van der Waals surface area contributed by atoms with Gasteiger partial charge >= 0.3 is 0 Å². The minimum atomic E-state index is -1.41. The topological polar surface area (TPSA) is 117 Å². The summed E-state index contributed by atoms with van der Waals surface area (Å²) in [7, 11) is 2.12. The first-order valence-electron chi connectivity index (χ1n) is 5.86. The monoisotopic (exact) mass is 321 g/mol. The van der Waals surface area contributed by atoms with Gasteiger partial charge in [0.05, 0.1) is 6.61 Å². The molecule has 9 heteroatoms. The molecule has 1 aromatic rings. The van der Waals surface area contributed by atoms with E-state index in [0.29, 0.717) is 9.76 Å². The molecule has 1 aliphatic rings. The van der Waals surface area contributed by atoms with Crippen molar-refractivity contribution >= 4 is 21.6 Å². The zero-order valence-corrected chi connectivity index (χ0v) is 11.9. The third-order valence-electron chi connectivity index (χ3n) is 2.87. The molecule has 5 atom stereocenters. The van der Waals surface area contributed by atoms with Gasteiger partial charge in [0, 0.05) is 22.9 Å². The summed E-state index contributed by atoms with van der Waals surface area (Å²) in [6, 6.07) is 4.90. The van der Waals surface area contributed by atoms with Crippen molar-refractivity contribution in [3.05, 3.63) is 29.6 Å². The highest BCUT2D eigenvalue weighted by molar-refractivity contribution is 8.76. The maximum atomic E-state index is 11.5. The second-order valence-corrected chi connectivity index (χ2v) is 6.56.